The fourth-order valence-electron chi connectivity index (χ4n) is 1.28. The molecule has 0 aromatic rings. The van der Waals surface area contributed by atoms with E-state index in [1.54, 1.807) is 17.8 Å². The molecule has 0 radical (unpaired) electrons. The molecule has 4 nitrogen and oxygen atoms in total. The van der Waals surface area contributed by atoms with Crippen molar-refractivity contribution < 1.29 is 0 Å². The van der Waals surface area contributed by atoms with E-state index in [-0.39, 0.29) is 5.16 Å². The molecule has 0 spiro atoms. The van der Waals surface area contributed by atoms with Gasteiger partial charge in [-0.25, -0.2) is 4.99 Å². The molecule has 0 fully saturated rings. The van der Waals surface area contributed by atoms with Crippen molar-refractivity contribution in [2.75, 3.05) is 5.75 Å². The Morgan fingerprint density at radius 2 is 2.38 bits per heavy atom. The topological polar surface area (TPSA) is 76.4 Å². The van der Waals surface area contributed by atoms with E-state index in [0.29, 0.717) is 17.3 Å². The van der Waals surface area contributed by atoms with Crippen molar-refractivity contribution in [2.24, 2.45) is 16.5 Å². The van der Waals surface area contributed by atoms with Gasteiger partial charge in [-0.1, -0.05) is 36.4 Å². The number of hydrogen-bond acceptors (Lipinski definition) is 5. The van der Waals surface area contributed by atoms with Crippen molar-refractivity contribution >= 4 is 28.5 Å². The lowest BCUT2D eigenvalue weighted by molar-refractivity contribution is 0.458. The van der Waals surface area contributed by atoms with E-state index in [2.05, 4.69) is 23.8 Å². The van der Waals surface area contributed by atoms with Crippen LogP contribution >= 0.6 is 23.4 Å². The van der Waals surface area contributed by atoms with Gasteiger partial charge in [0.05, 0.1) is 5.70 Å². The summed E-state index contributed by atoms with van der Waals surface area (Å²) < 4.78 is 0. The normalized spacial score (nSPS) is 25.1. The fraction of sp³-hybridized carbons (Fsp3) is 0.500. The third-order valence-electron chi connectivity index (χ3n) is 2.14. The quantitative estimate of drug-likeness (QED) is 0.531. The predicted molar refractivity (Wildman–Crippen MR) is 72.1 cm³/mol. The van der Waals surface area contributed by atoms with Crippen molar-refractivity contribution in [1.29, 1.82) is 0 Å². The highest BCUT2D eigenvalue weighted by Gasteiger charge is 2.33. The second-order valence-corrected chi connectivity index (χ2v) is 5.00. The SMILES string of the molecule is C=CCC1(N)NC(SCCC)=NC(Cl)=C1N. The summed E-state index contributed by atoms with van der Waals surface area (Å²) in [4.78, 5) is 4.15. The number of amidine groups is 1. The van der Waals surface area contributed by atoms with Gasteiger partial charge in [0.1, 0.15) is 5.66 Å². The molecule has 1 atom stereocenters. The third-order valence-corrected chi connectivity index (χ3v) is 3.51. The maximum absolute atomic E-state index is 6.12. The van der Waals surface area contributed by atoms with E-state index in [4.69, 9.17) is 23.1 Å². The molecule has 0 aliphatic carbocycles. The summed E-state index contributed by atoms with van der Waals surface area (Å²) in [5.41, 5.74) is 11.4. The van der Waals surface area contributed by atoms with Crippen molar-refractivity contribution in [2.45, 2.75) is 25.4 Å². The number of halogens is 1. The Balaban J connectivity index is 2.87. The summed E-state index contributed by atoms with van der Waals surface area (Å²) in [6.07, 6.45) is 3.26. The van der Waals surface area contributed by atoms with Crippen molar-refractivity contribution in [3.05, 3.63) is 23.5 Å². The molecular weight excluding hydrogens is 244 g/mol. The first-order valence-corrected chi connectivity index (χ1v) is 6.45. The molecule has 5 N–H and O–H groups in total. The van der Waals surface area contributed by atoms with Gasteiger partial charge in [0.25, 0.3) is 0 Å². The fourth-order valence-corrected chi connectivity index (χ4v) is 2.39. The van der Waals surface area contributed by atoms with Gasteiger partial charge in [-0.3, -0.25) is 0 Å². The summed E-state index contributed by atoms with van der Waals surface area (Å²) in [5.74, 6) is 0.958. The number of nitrogens with zero attached hydrogens (tertiary/aromatic N) is 1. The minimum absolute atomic E-state index is 0.265. The molecule has 0 amide bonds. The minimum Gasteiger partial charge on any atom is -0.396 e. The van der Waals surface area contributed by atoms with E-state index >= 15 is 0 Å². The van der Waals surface area contributed by atoms with Gasteiger partial charge in [0, 0.05) is 12.2 Å². The number of nitrogens with two attached hydrogens (primary N) is 2. The van der Waals surface area contributed by atoms with Crippen LogP contribution in [-0.4, -0.2) is 16.6 Å². The highest BCUT2D eigenvalue weighted by Crippen LogP contribution is 2.25. The number of nitrogens with one attached hydrogen (secondary N) is 1. The average molecular weight is 261 g/mol. The third kappa shape index (κ3) is 2.93. The zero-order valence-corrected chi connectivity index (χ0v) is 10.9. The molecule has 1 unspecified atom stereocenters. The molecule has 0 saturated carbocycles. The number of rotatable bonds is 4. The molecule has 0 saturated heterocycles. The van der Waals surface area contributed by atoms with Gasteiger partial charge in [-0.15, -0.1) is 6.58 Å². The Hall–Kier alpha value is -0.650. The molecule has 6 heteroatoms. The van der Waals surface area contributed by atoms with E-state index in [1.807, 2.05) is 0 Å². The summed E-state index contributed by atoms with van der Waals surface area (Å²) in [6, 6.07) is 0. The summed E-state index contributed by atoms with van der Waals surface area (Å²) in [6.45, 7) is 5.76. The van der Waals surface area contributed by atoms with Gasteiger partial charge >= 0.3 is 0 Å². The van der Waals surface area contributed by atoms with Crippen LogP contribution in [0.25, 0.3) is 0 Å². The summed E-state index contributed by atoms with van der Waals surface area (Å²) in [7, 11) is 0. The van der Waals surface area contributed by atoms with Crippen LogP contribution in [0.3, 0.4) is 0 Å². The Kier molecular flexibility index (Phi) is 4.70. The van der Waals surface area contributed by atoms with Crippen LogP contribution in [0.15, 0.2) is 28.5 Å². The van der Waals surface area contributed by atoms with Gasteiger partial charge in [-0.05, 0) is 6.42 Å². The molecular formula is C10H17ClN4S. The van der Waals surface area contributed by atoms with Crippen LogP contribution in [-0.2, 0) is 0 Å². The maximum atomic E-state index is 6.12. The molecule has 1 aliphatic rings. The van der Waals surface area contributed by atoms with E-state index < -0.39 is 5.66 Å². The second-order valence-electron chi connectivity index (χ2n) is 3.56. The van der Waals surface area contributed by atoms with Gasteiger partial charge < -0.3 is 16.8 Å². The first-order chi connectivity index (χ1) is 7.53. The molecule has 1 heterocycles. The molecule has 1 rings (SSSR count). The maximum Gasteiger partial charge on any atom is 0.164 e. The Morgan fingerprint density at radius 1 is 1.69 bits per heavy atom. The lowest BCUT2D eigenvalue weighted by atomic mass is 10.0. The molecule has 0 bridgehead atoms. The number of aliphatic imine (C=N–C) groups is 1. The lowest BCUT2D eigenvalue weighted by Gasteiger charge is -2.34. The molecule has 0 aromatic carbocycles. The van der Waals surface area contributed by atoms with Crippen molar-refractivity contribution in [3.63, 3.8) is 0 Å². The van der Waals surface area contributed by atoms with Gasteiger partial charge in [-0.2, -0.15) is 0 Å². The number of hydrogen-bond donors (Lipinski definition) is 3. The Morgan fingerprint density at radius 3 is 2.94 bits per heavy atom. The van der Waals surface area contributed by atoms with E-state index in [0.717, 1.165) is 12.2 Å². The Labute approximate surface area is 105 Å². The first-order valence-electron chi connectivity index (χ1n) is 5.08. The Bertz CT molecular complexity index is 340. The van der Waals surface area contributed by atoms with Crippen molar-refractivity contribution in [3.8, 4) is 0 Å². The zero-order valence-electron chi connectivity index (χ0n) is 9.29. The monoisotopic (exact) mass is 260 g/mol. The van der Waals surface area contributed by atoms with Crippen LogP contribution in [0.2, 0.25) is 0 Å². The highest BCUT2D eigenvalue weighted by molar-refractivity contribution is 8.13. The van der Waals surface area contributed by atoms with Crippen molar-refractivity contribution in [1.82, 2.24) is 5.32 Å². The van der Waals surface area contributed by atoms with Crippen LogP contribution in [0, 0.1) is 0 Å². The largest absolute Gasteiger partial charge is 0.396 e. The van der Waals surface area contributed by atoms with Crippen LogP contribution in [0.1, 0.15) is 19.8 Å². The molecule has 90 valence electrons. The second kappa shape index (κ2) is 5.61. The summed E-state index contributed by atoms with van der Waals surface area (Å²) >= 11 is 7.54. The average Bonchev–Trinajstić information content (AvgIpc) is 2.23. The molecule has 1 aliphatic heterocycles. The first kappa shape index (κ1) is 13.4. The zero-order chi connectivity index (χ0) is 12.2. The van der Waals surface area contributed by atoms with Crippen LogP contribution in [0.5, 0.6) is 0 Å². The van der Waals surface area contributed by atoms with E-state index in [1.165, 1.54) is 0 Å². The molecule has 16 heavy (non-hydrogen) atoms. The van der Waals surface area contributed by atoms with E-state index in [9.17, 15) is 0 Å². The molecule has 0 aromatic heterocycles. The summed E-state index contributed by atoms with van der Waals surface area (Å²) in [5, 5.41) is 4.08. The van der Waals surface area contributed by atoms with Gasteiger partial charge in [0.15, 0.2) is 10.3 Å². The highest BCUT2D eigenvalue weighted by atomic mass is 35.5. The van der Waals surface area contributed by atoms with Crippen LogP contribution in [0.4, 0.5) is 0 Å². The predicted octanol–water partition coefficient (Wildman–Crippen LogP) is 1.69. The van der Waals surface area contributed by atoms with Crippen LogP contribution < -0.4 is 16.8 Å². The number of thioether (sulfide) groups is 1. The smallest absolute Gasteiger partial charge is 0.164 e. The van der Waals surface area contributed by atoms with Gasteiger partial charge in [0.2, 0.25) is 0 Å². The lowest BCUT2D eigenvalue weighted by Crippen LogP contribution is -2.60. The minimum atomic E-state index is -0.864. The standard InChI is InChI=1S/C10H17ClN4S/c1-3-5-10(13)7(12)8(11)14-9(15-10)16-6-4-2/h3H,1,4-6,12-13H2,2H3,(H,14,15).